The Bertz CT molecular complexity index is 618. The molecule has 28 heavy (non-hydrogen) atoms. The van der Waals surface area contributed by atoms with Gasteiger partial charge in [0.05, 0.1) is 0 Å². The minimum atomic E-state index is 0. The Balaban J connectivity index is 0.00000280. The summed E-state index contributed by atoms with van der Waals surface area (Å²) < 4.78 is 2.04. The lowest BCUT2D eigenvalue weighted by Crippen LogP contribution is -2.50. The maximum Gasteiger partial charge on any atom is 0.194 e. The number of halogens is 1. The van der Waals surface area contributed by atoms with Crippen LogP contribution in [0.4, 0.5) is 0 Å². The van der Waals surface area contributed by atoms with Gasteiger partial charge in [-0.15, -0.1) is 34.2 Å². The molecule has 1 aliphatic heterocycles. The summed E-state index contributed by atoms with van der Waals surface area (Å²) in [5.41, 5.74) is 0.517. The molecule has 1 saturated heterocycles. The first-order valence-electron chi connectivity index (χ1n) is 11.0. The highest BCUT2D eigenvalue weighted by Crippen LogP contribution is 2.42. The number of likely N-dealkylation sites (tertiary alicyclic amines) is 1. The van der Waals surface area contributed by atoms with Crippen LogP contribution in [0.5, 0.6) is 0 Å². The minimum absolute atomic E-state index is 0. The van der Waals surface area contributed by atoms with E-state index in [1.165, 1.54) is 70.8 Å². The molecule has 2 aliphatic rings. The molecule has 1 spiro atoms. The number of nitrogens with one attached hydrogen (secondary N) is 1. The lowest BCUT2D eigenvalue weighted by Gasteiger charge is -2.44. The summed E-state index contributed by atoms with van der Waals surface area (Å²) in [5, 5.41) is 12.1. The number of guanidine groups is 1. The van der Waals surface area contributed by atoms with Gasteiger partial charge >= 0.3 is 0 Å². The highest BCUT2D eigenvalue weighted by atomic mass is 127. The van der Waals surface area contributed by atoms with Crippen LogP contribution in [0.15, 0.2) is 4.99 Å². The lowest BCUT2D eigenvalue weighted by molar-refractivity contribution is 0.115. The zero-order valence-electron chi connectivity index (χ0n) is 18.0. The van der Waals surface area contributed by atoms with Crippen molar-refractivity contribution in [2.75, 3.05) is 19.6 Å². The first-order chi connectivity index (χ1) is 13.1. The summed E-state index contributed by atoms with van der Waals surface area (Å²) >= 11 is 0. The molecule has 0 atom stereocenters. The van der Waals surface area contributed by atoms with Crippen LogP contribution in [-0.4, -0.2) is 45.3 Å². The van der Waals surface area contributed by atoms with Crippen molar-refractivity contribution in [3.8, 4) is 0 Å². The third-order valence-electron chi connectivity index (χ3n) is 6.49. The molecule has 0 unspecified atom stereocenters. The number of aliphatic imine (C=N–C) groups is 1. The molecule has 1 aromatic heterocycles. The second-order valence-corrected chi connectivity index (χ2v) is 8.58. The predicted molar refractivity (Wildman–Crippen MR) is 126 cm³/mol. The standard InChI is InChI=1S/C21H38N6.HI/c1-4-5-14-22-20(23-16-19-25-24-18(2)26(19)3)27-15-10-13-21(17-27)11-8-6-7-9-12-21;/h4-17H2,1-3H3,(H,22,23);1H. The molecule has 0 bridgehead atoms. The number of hydrogen-bond acceptors (Lipinski definition) is 3. The Labute approximate surface area is 188 Å². The summed E-state index contributed by atoms with van der Waals surface area (Å²) in [7, 11) is 2.02. The molecule has 1 N–H and O–H groups in total. The second-order valence-electron chi connectivity index (χ2n) is 8.58. The lowest BCUT2D eigenvalue weighted by atomic mass is 9.74. The van der Waals surface area contributed by atoms with E-state index in [1.54, 1.807) is 0 Å². The van der Waals surface area contributed by atoms with Gasteiger partial charge in [-0.2, -0.15) is 0 Å². The molecule has 1 saturated carbocycles. The van der Waals surface area contributed by atoms with Crippen LogP contribution >= 0.6 is 24.0 Å². The van der Waals surface area contributed by atoms with Gasteiger partial charge in [0, 0.05) is 26.7 Å². The summed E-state index contributed by atoms with van der Waals surface area (Å²) in [6, 6.07) is 0. The fourth-order valence-corrected chi connectivity index (χ4v) is 4.65. The van der Waals surface area contributed by atoms with Crippen LogP contribution in [0.25, 0.3) is 0 Å². The van der Waals surface area contributed by atoms with E-state index in [-0.39, 0.29) is 24.0 Å². The Kier molecular flexibility index (Phi) is 9.50. The average molecular weight is 502 g/mol. The van der Waals surface area contributed by atoms with Crippen LogP contribution in [0, 0.1) is 12.3 Å². The molecule has 3 rings (SSSR count). The molecule has 2 fully saturated rings. The van der Waals surface area contributed by atoms with Crippen LogP contribution in [0.1, 0.15) is 82.8 Å². The molecule has 1 aromatic rings. The van der Waals surface area contributed by atoms with Crippen molar-refractivity contribution in [2.24, 2.45) is 17.5 Å². The number of nitrogens with zero attached hydrogens (tertiary/aromatic N) is 5. The van der Waals surface area contributed by atoms with Crippen molar-refractivity contribution >= 4 is 29.9 Å². The molecular weight excluding hydrogens is 463 g/mol. The van der Waals surface area contributed by atoms with Crippen molar-refractivity contribution in [3.63, 3.8) is 0 Å². The topological polar surface area (TPSA) is 58.3 Å². The SMILES string of the molecule is CCCCNC(=NCc1nnc(C)n1C)N1CCCC2(CCCCCC2)C1.I. The smallest absolute Gasteiger partial charge is 0.194 e. The van der Waals surface area contributed by atoms with Gasteiger partial charge < -0.3 is 14.8 Å². The van der Waals surface area contributed by atoms with Gasteiger partial charge in [0.15, 0.2) is 11.8 Å². The van der Waals surface area contributed by atoms with E-state index in [1.807, 2.05) is 18.5 Å². The normalized spacial score (nSPS) is 20.0. The summed E-state index contributed by atoms with van der Waals surface area (Å²) in [4.78, 5) is 7.51. The molecule has 2 heterocycles. The fraction of sp³-hybridized carbons (Fsp3) is 0.857. The molecule has 0 radical (unpaired) electrons. The summed E-state index contributed by atoms with van der Waals surface area (Å²) in [6.07, 6.45) is 13.5. The molecule has 6 nitrogen and oxygen atoms in total. The van der Waals surface area contributed by atoms with Gasteiger partial charge in [-0.3, -0.25) is 0 Å². The number of piperidine rings is 1. The first kappa shape index (κ1) is 23.4. The highest BCUT2D eigenvalue weighted by molar-refractivity contribution is 14.0. The molecule has 7 heteroatoms. The van der Waals surface area contributed by atoms with E-state index >= 15 is 0 Å². The van der Waals surface area contributed by atoms with E-state index < -0.39 is 0 Å². The zero-order valence-corrected chi connectivity index (χ0v) is 20.4. The van der Waals surface area contributed by atoms with Crippen molar-refractivity contribution in [1.82, 2.24) is 25.0 Å². The van der Waals surface area contributed by atoms with Crippen LogP contribution in [0.3, 0.4) is 0 Å². The maximum absolute atomic E-state index is 4.97. The second kappa shape index (κ2) is 11.4. The van der Waals surface area contributed by atoms with Gasteiger partial charge in [0.1, 0.15) is 12.4 Å². The molecule has 0 aromatic carbocycles. The number of unbranched alkanes of at least 4 members (excludes halogenated alkanes) is 1. The van der Waals surface area contributed by atoms with Crippen LogP contribution in [0.2, 0.25) is 0 Å². The third kappa shape index (κ3) is 6.07. The van der Waals surface area contributed by atoms with Crippen LogP contribution in [-0.2, 0) is 13.6 Å². The zero-order chi connectivity index (χ0) is 19.1. The quantitative estimate of drug-likeness (QED) is 0.280. The molecule has 1 aliphatic carbocycles. The van der Waals surface area contributed by atoms with E-state index in [0.29, 0.717) is 12.0 Å². The molecule has 160 valence electrons. The predicted octanol–water partition coefficient (Wildman–Crippen LogP) is 4.42. The summed E-state index contributed by atoms with van der Waals surface area (Å²) in [6.45, 7) is 8.11. The van der Waals surface area contributed by atoms with E-state index in [2.05, 4.69) is 27.3 Å². The van der Waals surface area contributed by atoms with Crippen molar-refractivity contribution in [1.29, 1.82) is 0 Å². The monoisotopic (exact) mass is 502 g/mol. The maximum atomic E-state index is 4.97. The molecular formula is C21H39IN6. The number of aromatic nitrogens is 3. The van der Waals surface area contributed by atoms with Gasteiger partial charge in [0.2, 0.25) is 0 Å². The fourth-order valence-electron chi connectivity index (χ4n) is 4.65. The first-order valence-corrected chi connectivity index (χ1v) is 11.0. The minimum Gasteiger partial charge on any atom is -0.356 e. The van der Waals surface area contributed by atoms with Crippen molar-refractivity contribution in [3.05, 3.63) is 11.6 Å². The van der Waals surface area contributed by atoms with Gasteiger partial charge in [0.25, 0.3) is 0 Å². The number of hydrogen-bond donors (Lipinski definition) is 1. The largest absolute Gasteiger partial charge is 0.356 e. The Morgan fingerprint density at radius 2 is 1.82 bits per heavy atom. The molecule has 0 amide bonds. The van der Waals surface area contributed by atoms with Crippen molar-refractivity contribution < 1.29 is 0 Å². The Morgan fingerprint density at radius 3 is 2.46 bits per heavy atom. The van der Waals surface area contributed by atoms with Crippen molar-refractivity contribution in [2.45, 2.75) is 84.6 Å². The third-order valence-corrected chi connectivity index (χ3v) is 6.49. The summed E-state index contributed by atoms with van der Waals surface area (Å²) in [5.74, 6) is 2.95. The van der Waals surface area contributed by atoms with E-state index in [4.69, 9.17) is 4.99 Å². The van der Waals surface area contributed by atoms with E-state index in [0.717, 1.165) is 30.7 Å². The highest BCUT2D eigenvalue weighted by Gasteiger charge is 2.36. The van der Waals surface area contributed by atoms with Crippen LogP contribution < -0.4 is 5.32 Å². The van der Waals surface area contributed by atoms with Gasteiger partial charge in [-0.25, -0.2) is 4.99 Å². The van der Waals surface area contributed by atoms with E-state index in [9.17, 15) is 0 Å². The Hall–Kier alpha value is -0.860. The number of rotatable bonds is 5. The van der Waals surface area contributed by atoms with Gasteiger partial charge in [-0.1, -0.05) is 39.0 Å². The Morgan fingerprint density at radius 1 is 1.11 bits per heavy atom. The number of aryl methyl sites for hydroxylation is 1. The average Bonchev–Trinajstić information content (AvgIpc) is 2.85. The van der Waals surface area contributed by atoms with Gasteiger partial charge in [-0.05, 0) is 44.4 Å².